The van der Waals surface area contributed by atoms with Gasteiger partial charge in [-0.05, 0) is 47.6 Å². The zero-order valence-electron chi connectivity index (χ0n) is 16.8. The Morgan fingerprint density at radius 1 is 1.16 bits per heavy atom. The number of rotatable bonds is 6. The molecule has 0 bridgehead atoms. The van der Waals surface area contributed by atoms with Gasteiger partial charge in [0.05, 0.1) is 18.4 Å². The van der Waals surface area contributed by atoms with Gasteiger partial charge in [-0.1, -0.05) is 0 Å². The zero-order valence-corrected chi connectivity index (χ0v) is 19.2. The molecule has 32 heavy (non-hydrogen) atoms. The summed E-state index contributed by atoms with van der Waals surface area (Å²) in [5.41, 5.74) is -1.40. The molecule has 1 heterocycles. The molecule has 0 saturated carbocycles. The van der Waals surface area contributed by atoms with E-state index in [9.17, 15) is 30.4 Å². The number of alkyl halides is 3. The SMILES string of the molecule is COc1cc(Br)c(S(=O)(=O)Nc2ccc(C(F)(F)F)c(OC3CCN(C)C3)c2)c(F)c1F. The van der Waals surface area contributed by atoms with E-state index in [1.54, 1.807) is 7.05 Å². The third-order valence-corrected chi connectivity index (χ3v) is 7.08. The molecule has 0 aromatic heterocycles. The van der Waals surface area contributed by atoms with Crippen molar-refractivity contribution in [1.29, 1.82) is 0 Å². The van der Waals surface area contributed by atoms with Gasteiger partial charge in [0, 0.05) is 23.6 Å². The fraction of sp³-hybridized carbons (Fsp3) is 0.368. The van der Waals surface area contributed by atoms with Crippen LogP contribution in [0.2, 0.25) is 0 Å². The normalized spacial score (nSPS) is 17.4. The monoisotopic (exact) mass is 544 g/mol. The maximum atomic E-state index is 14.4. The molecule has 2 aromatic rings. The van der Waals surface area contributed by atoms with Crippen LogP contribution in [0, 0.1) is 11.6 Å². The predicted molar refractivity (Wildman–Crippen MR) is 109 cm³/mol. The van der Waals surface area contributed by atoms with E-state index in [1.807, 2.05) is 9.62 Å². The van der Waals surface area contributed by atoms with E-state index >= 15 is 0 Å². The van der Waals surface area contributed by atoms with Crippen molar-refractivity contribution in [2.45, 2.75) is 23.6 Å². The number of nitrogens with zero attached hydrogens (tertiary/aromatic N) is 1. The molecule has 176 valence electrons. The van der Waals surface area contributed by atoms with E-state index in [2.05, 4.69) is 20.7 Å². The number of likely N-dealkylation sites (tertiary alicyclic amines) is 1. The molecule has 1 atom stereocenters. The standard InChI is InChI=1S/C19H18BrF5N2O4S/c1-27-6-5-11(9-27)31-14-7-10(3-4-12(14)19(23,24)25)26-32(28,29)18-13(20)8-15(30-2)16(21)17(18)22/h3-4,7-8,11,26H,5-6,9H2,1-2H3. The second-order valence-electron chi connectivity index (χ2n) is 7.12. The number of anilines is 1. The van der Waals surface area contributed by atoms with E-state index in [4.69, 9.17) is 4.74 Å². The van der Waals surface area contributed by atoms with Crippen LogP contribution in [0.1, 0.15) is 12.0 Å². The summed E-state index contributed by atoms with van der Waals surface area (Å²) < 4.78 is 106. The van der Waals surface area contributed by atoms with Gasteiger partial charge in [-0.15, -0.1) is 0 Å². The number of benzene rings is 2. The first-order valence-corrected chi connectivity index (χ1v) is 11.4. The van der Waals surface area contributed by atoms with Crippen LogP contribution in [0.4, 0.5) is 27.6 Å². The van der Waals surface area contributed by atoms with Crippen LogP contribution < -0.4 is 14.2 Å². The second-order valence-corrected chi connectivity index (χ2v) is 9.60. The number of sulfonamides is 1. The molecule has 0 radical (unpaired) electrons. The number of hydrogen-bond acceptors (Lipinski definition) is 5. The molecule has 0 spiro atoms. The van der Waals surface area contributed by atoms with Gasteiger partial charge in [0.1, 0.15) is 16.7 Å². The van der Waals surface area contributed by atoms with Crippen LogP contribution >= 0.6 is 15.9 Å². The first kappa shape index (κ1) is 24.5. The van der Waals surface area contributed by atoms with E-state index in [0.717, 1.165) is 25.3 Å². The molecular formula is C19H18BrF5N2O4S. The Morgan fingerprint density at radius 3 is 2.41 bits per heavy atom. The summed E-state index contributed by atoms with van der Waals surface area (Å²) in [7, 11) is -1.87. The molecule has 1 aliphatic heterocycles. The average Bonchev–Trinajstić information content (AvgIpc) is 3.08. The van der Waals surface area contributed by atoms with Crippen LogP contribution in [0.15, 0.2) is 33.6 Å². The van der Waals surface area contributed by atoms with Gasteiger partial charge in [-0.3, -0.25) is 4.72 Å². The summed E-state index contributed by atoms with van der Waals surface area (Å²) >= 11 is 2.85. The fourth-order valence-electron chi connectivity index (χ4n) is 3.25. The van der Waals surface area contributed by atoms with Crippen molar-refractivity contribution in [2.75, 3.05) is 32.0 Å². The molecule has 1 aliphatic rings. The Morgan fingerprint density at radius 2 is 1.84 bits per heavy atom. The minimum atomic E-state index is -4.74. The first-order chi connectivity index (χ1) is 14.8. The highest BCUT2D eigenvalue weighted by Crippen LogP contribution is 2.40. The van der Waals surface area contributed by atoms with Crippen molar-refractivity contribution < 1.29 is 39.8 Å². The van der Waals surface area contributed by atoms with Gasteiger partial charge < -0.3 is 14.4 Å². The van der Waals surface area contributed by atoms with Gasteiger partial charge in [-0.25, -0.2) is 12.8 Å². The number of halogens is 6. The van der Waals surface area contributed by atoms with Crippen molar-refractivity contribution >= 4 is 31.6 Å². The lowest BCUT2D eigenvalue weighted by molar-refractivity contribution is -0.139. The fourth-order valence-corrected chi connectivity index (χ4v) is 5.45. The van der Waals surface area contributed by atoms with Crippen LogP contribution in [0.25, 0.3) is 0 Å². The molecule has 2 aromatic carbocycles. The molecule has 1 fully saturated rings. The second kappa shape index (κ2) is 9.02. The van der Waals surface area contributed by atoms with Gasteiger partial charge in [0.2, 0.25) is 5.82 Å². The van der Waals surface area contributed by atoms with E-state index in [-0.39, 0.29) is 10.2 Å². The number of methoxy groups -OCH3 is 1. The Hall–Kier alpha value is -2.12. The van der Waals surface area contributed by atoms with Crippen LogP contribution in [0.5, 0.6) is 11.5 Å². The first-order valence-electron chi connectivity index (χ1n) is 9.14. The highest BCUT2D eigenvalue weighted by Gasteiger charge is 2.36. The minimum Gasteiger partial charge on any atom is -0.494 e. The molecule has 6 nitrogen and oxygen atoms in total. The number of hydrogen-bond donors (Lipinski definition) is 1. The molecule has 1 saturated heterocycles. The number of nitrogens with one attached hydrogen (secondary N) is 1. The number of ether oxygens (including phenoxy) is 2. The zero-order chi connectivity index (χ0) is 23.8. The van der Waals surface area contributed by atoms with Crippen LogP contribution in [0.3, 0.4) is 0 Å². The molecule has 1 N–H and O–H groups in total. The maximum absolute atomic E-state index is 14.4. The van der Waals surface area contributed by atoms with Crippen LogP contribution in [-0.4, -0.2) is 46.7 Å². The molecule has 13 heteroatoms. The third kappa shape index (κ3) is 5.09. The van der Waals surface area contributed by atoms with Crippen molar-refractivity contribution in [3.8, 4) is 11.5 Å². The Balaban J connectivity index is 1.98. The van der Waals surface area contributed by atoms with Crippen molar-refractivity contribution in [3.63, 3.8) is 0 Å². The molecule has 3 rings (SSSR count). The largest absolute Gasteiger partial charge is 0.494 e. The summed E-state index contributed by atoms with van der Waals surface area (Å²) in [5, 5.41) is 0. The Bertz CT molecular complexity index is 1130. The molecule has 1 unspecified atom stereocenters. The number of likely N-dealkylation sites (N-methyl/N-ethyl adjacent to an activating group) is 1. The topological polar surface area (TPSA) is 67.9 Å². The predicted octanol–water partition coefficient (Wildman–Crippen LogP) is 4.64. The van der Waals surface area contributed by atoms with Crippen LogP contribution in [-0.2, 0) is 16.2 Å². The third-order valence-electron chi connectivity index (χ3n) is 4.75. The van der Waals surface area contributed by atoms with Crippen molar-refractivity contribution in [3.05, 3.63) is 45.9 Å². The lowest BCUT2D eigenvalue weighted by atomic mass is 10.1. The highest BCUT2D eigenvalue weighted by atomic mass is 79.9. The lowest BCUT2D eigenvalue weighted by Gasteiger charge is -2.20. The Labute approximate surface area is 189 Å². The Kier molecular flexibility index (Phi) is 6.91. The lowest BCUT2D eigenvalue weighted by Crippen LogP contribution is -2.23. The molecular weight excluding hydrogens is 527 g/mol. The van der Waals surface area contributed by atoms with Gasteiger partial charge in [0.25, 0.3) is 10.0 Å². The summed E-state index contributed by atoms with van der Waals surface area (Å²) in [6, 6.07) is 3.31. The van der Waals surface area contributed by atoms with Gasteiger partial charge >= 0.3 is 6.18 Å². The average molecular weight is 545 g/mol. The molecule has 0 amide bonds. The summed E-state index contributed by atoms with van der Waals surface area (Å²) in [5.74, 6) is -4.34. The van der Waals surface area contributed by atoms with Gasteiger partial charge in [-0.2, -0.15) is 17.6 Å². The minimum absolute atomic E-state index is 0.318. The summed E-state index contributed by atoms with van der Waals surface area (Å²) in [6.07, 6.45) is -4.77. The van der Waals surface area contributed by atoms with E-state index in [0.29, 0.717) is 25.6 Å². The quantitative estimate of drug-likeness (QED) is 0.424. The van der Waals surface area contributed by atoms with E-state index in [1.165, 1.54) is 0 Å². The summed E-state index contributed by atoms with van der Waals surface area (Å²) in [4.78, 5) is 0.818. The smallest absolute Gasteiger partial charge is 0.419 e. The maximum Gasteiger partial charge on any atom is 0.419 e. The van der Waals surface area contributed by atoms with Crippen molar-refractivity contribution in [2.24, 2.45) is 0 Å². The molecule has 0 aliphatic carbocycles. The van der Waals surface area contributed by atoms with Gasteiger partial charge in [0.15, 0.2) is 11.6 Å². The summed E-state index contributed by atoms with van der Waals surface area (Å²) in [6.45, 7) is 1.03. The highest BCUT2D eigenvalue weighted by molar-refractivity contribution is 9.10. The van der Waals surface area contributed by atoms with Crippen molar-refractivity contribution in [1.82, 2.24) is 4.90 Å². The van der Waals surface area contributed by atoms with E-state index < -0.39 is 55.9 Å².